The van der Waals surface area contributed by atoms with E-state index in [1.165, 1.54) is 0 Å². The molecule has 1 aromatic carbocycles. The van der Waals surface area contributed by atoms with Gasteiger partial charge in [-0.3, -0.25) is 4.79 Å². The molecule has 0 aliphatic heterocycles. The Morgan fingerprint density at radius 3 is 2.21 bits per heavy atom. The van der Waals surface area contributed by atoms with Crippen LogP contribution >= 0.6 is 0 Å². The highest BCUT2D eigenvalue weighted by molar-refractivity contribution is 5.72. The lowest BCUT2D eigenvalue weighted by Crippen LogP contribution is -2.98. The van der Waals surface area contributed by atoms with Crippen LogP contribution in [0.1, 0.15) is 70.4 Å². The lowest BCUT2D eigenvalue weighted by molar-refractivity contribution is -0.752. The average Bonchev–Trinajstić information content (AvgIpc) is 2.57. The molecule has 0 radical (unpaired) electrons. The number of hydrogen-bond donors (Lipinski definition) is 1. The Labute approximate surface area is 170 Å². The van der Waals surface area contributed by atoms with Crippen molar-refractivity contribution < 1.29 is 19.3 Å². The maximum absolute atomic E-state index is 12.2. The summed E-state index contributed by atoms with van der Waals surface area (Å²) in [6.07, 6.45) is 6.19. The van der Waals surface area contributed by atoms with E-state index in [2.05, 4.69) is 0 Å². The lowest BCUT2D eigenvalue weighted by atomic mass is 9.80. The van der Waals surface area contributed by atoms with E-state index < -0.39 is 5.60 Å². The third-order valence-electron chi connectivity index (χ3n) is 5.47. The van der Waals surface area contributed by atoms with Crippen LogP contribution in [-0.4, -0.2) is 25.2 Å². The molecule has 1 fully saturated rings. The van der Waals surface area contributed by atoms with Gasteiger partial charge in [0.15, 0.2) is 0 Å². The van der Waals surface area contributed by atoms with Crippen molar-refractivity contribution in [2.24, 2.45) is 11.8 Å². The fourth-order valence-corrected chi connectivity index (χ4v) is 4.20. The van der Waals surface area contributed by atoms with E-state index in [4.69, 9.17) is 9.47 Å². The zero-order valence-corrected chi connectivity index (χ0v) is 18.4. The van der Waals surface area contributed by atoms with Crippen molar-refractivity contribution in [2.75, 3.05) is 13.7 Å². The first kappa shape index (κ1) is 22.7. The first-order chi connectivity index (χ1) is 13.1. The van der Waals surface area contributed by atoms with E-state index in [1.54, 1.807) is 7.05 Å². The van der Waals surface area contributed by atoms with Crippen LogP contribution in [0, 0.1) is 30.9 Å². The predicted molar refractivity (Wildman–Crippen MR) is 112 cm³/mol. The van der Waals surface area contributed by atoms with E-state index in [9.17, 15) is 10.0 Å². The maximum atomic E-state index is 12.2. The van der Waals surface area contributed by atoms with E-state index >= 15 is 0 Å². The van der Waals surface area contributed by atoms with Crippen molar-refractivity contribution in [1.29, 1.82) is 0 Å². The average molecular weight is 392 g/mol. The summed E-state index contributed by atoms with van der Waals surface area (Å²) in [7, 11) is 1.60. The molecule has 158 valence electrons. The highest BCUT2D eigenvalue weighted by Crippen LogP contribution is 2.33. The summed E-state index contributed by atoms with van der Waals surface area (Å²) in [6, 6.07) is 3.91. The molecule has 1 aromatic rings. The third kappa shape index (κ3) is 6.78. The van der Waals surface area contributed by atoms with Crippen LogP contribution in [0.2, 0.25) is 0 Å². The minimum absolute atomic E-state index is 0.0333. The number of hydroxylamine groups is 1. The van der Waals surface area contributed by atoms with Gasteiger partial charge in [0.2, 0.25) is 0 Å². The van der Waals surface area contributed by atoms with Crippen molar-refractivity contribution in [3.8, 4) is 5.75 Å². The number of ether oxygens (including phenoxy) is 2. The monoisotopic (exact) mass is 391 g/mol. The van der Waals surface area contributed by atoms with Crippen molar-refractivity contribution in [2.45, 2.75) is 78.7 Å². The van der Waals surface area contributed by atoms with Gasteiger partial charge in [0, 0.05) is 11.1 Å². The Morgan fingerprint density at radius 1 is 1.14 bits per heavy atom. The summed E-state index contributed by atoms with van der Waals surface area (Å²) in [5.41, 5.74) is 2.35. The summed E-state index contributed by atoms with van der Waals surface area (Å²) in [4.78, 5) is 12.2. The Kier molecular flexibility index (Phi) is 7.90. The summed E-state index contributed by atoms with van der Waals surface area (Å²) in [6.45, 7) is 10.4. The first-order valence-electron chi connectivity index (χ1n) is 10.5. The number of rotatable bonds is 7. The quantitative estimate of drug-likeness (QED) is 0.429. The second-order valence-corrected chi connectivity index (χ2v) is 9.23. The van der Waals surface area contributed by atoms with Gasteiger partial charge in [-0.1, -0.05) is 0 Å². The zero-order valence-electron chi connectivity index (χ0n) is 18.4. The van der Waals surface area contributed by atoms with Gasteiger partial charge in [0.05, 0.1) is 19.6 Å². The number of benzene rings is 1. The van der Waals surface area contributed by atoms with Crippen LogP contribution < -0.4 is 9.80 Å². The van der Waals surface area contributed by atoms with Crippen molar-refractivity contribution in [3.05, 3.63) is 28.5 Å². The largest absolute Gasteiger partial charge is 0.629 e. The number of aryl methyl sites for hydroxylation is 2. The van der Waals surface area contributed by atoms with Crippen molar-refractivity contribution >= 4 is 11.7 Å². The van der Waals surface area contributed by atoms with Crippen LogP contribution in [0.15, 0.2) is 12.1 Å². The Balaban J connectivity index is 1.71. The molecule has 0 heterocycles. The molecular formula is C23H37NO4. The van der Waals surface area contributed by atoms with Crippen LogP contribution in [-0.2, 0) is 9.53 Å². The molecule has 1 atom stereocenters. The normalized spacial score (nSPS) is 21.2. The van der Waals surface area contributed by atoms with Gasteiger partial charge in [0.25, 0.3) is 0 Å². The summed E-state index contributed by atoms with van der Waals surface area (Å²) in [5, 5.41) is 11.8. The van der Waals surface area contributed by atoms with Crippen LogP contribution in [0.3, 0.4) is 0 Å². The Bertz CT molecular complexity index is 632. The first-order valence-corrected chi connectivity index (χ1v) is 10.5. The summed E-state index contributed by atoms with van der Waals surface area (Å²) >= 11 is 0. The Hall–Kier alpha value is -1.59. The van der Waals surface area contributed by atoms with Gasteiger partial charge in [-0.15, -0.1) is 0 Å². The Morgan fingerprint density at radius 2 is 1.71 bits per heavy atom. The van der Waals surface area contributed by atoms with Gasteiger partial charge in [-0.25, -0.2) is 0 Å². The number of carbonyl (C=O) groups is 1. The minimum atomic E-state index is -0.398. The molecule has 0 spiro atoms. The van der Waals surface area contributed by atoms with Gasteiger partial charge in [0.1, 0.15) is 17.0 Å². The van der Waals surface area contributed by atoms with Crippen LogP contribution in [0.25, 0.3) is 0 Å². The highest BCUT2D eigenvalue weighted by Gasteiger charge is 2.29. The zero-order chi connectivity index (χ0) is 20.9. The molecule has 5 heteroatoms. The van der Waals surface area contributed by atoms with Gasteiger partial charge < -0.3 is 19.7 Å². The molecule has 0 aromatic heterocycles. The lowest BCUT2D eigenvalue weighted by Gasteiger charge is -2.29. The second kappa shape index (κ2) is 9.75. The third-order valence-corrected chi connectivity index (χ3v) is 5.47. The molecule has 1 saturated carbocycles. The SMILES string of the molecule is Cc1cc(OCCCC2CCC(C(=O)OC(C)(C)C)CC2)cc(C)c1[NH+](C)[O-]. The second-order valence-electron chi connectivity index (χ2n) is 9.23. The molecule has 1 N–H and O–H groups in total. The molecule has 1 aliphatic rings. The highest BCUT2D eigenvalue weighted by atomic mass is 16.6. The van der Waals surface area contributed by atoms with Gasteiger partial charge in [-0.2, -0.15) is 0 Å². The van der Waals surface area contributed by atoms with E-state index in [0.29, 0.717) is 12.5 Å². The number of quaternary nitrogens is 1. The fraction of sp³-hybridized carbons (Fsp3) is 0.696. The topological polar surface area (TPSA) is 63.0 Å². The molecule has 0 bridgehead atoms. The summed E-state index contributed by atoms with van der Waals surface area (Å²) in [5.74, 6) is 1.55. The van der Waals surface area contributed by atoms with Crippen LogP contribution in [0.4, 0.5) is 5.69 Å². The van der Waals surface area contributed by atoms with E-state index in [-0.39, 0.29) is 17.0 Å². The predicted octanol–water partition coefficient (Wildman–Crippen LogP) is 4.25. The summed E-state index contributed by atoms with van der Waals surface area (Å²) < 4.78 is 11.4. The molecule has 2 rings (SSSR count). The van der Waals surface area contributed by atoms with Crippen molar-refractivity contribution in [3.63, 3.8) is 0 Å². The van der Waals surface area contributed by atoms with Gasteiger partial charge >= 0.3 is 5.97 Å². The maximum Gasteiger partial charge on any atom is 0.309 e. The number of carbonyl (C=O) groups excluding carboxylic acids is 1. The standard InChI is InChI=1S/C23H37NO4/c1-16-14-20(15-17(2)21(16)24(6)26)27-13-7-8-18-9-11-19(12-10-18)22(25)28-23(3,4)5/h14-15,18-19,24H,7-13H2,1-6H3. The van der Waals surface area contributed by atoms with E-state index in [0.717, 1.165) is 61.1 Å². The molecular weight excluding hydrogens is 354 g/mol. The van der Waals surface area contributed by atoms with Gasteiger partial charge in [-0.05, 0) is 91.2 Å². The van der Waals surface area contributed by atoms with Crippen molar-refractivity contribution in [1.82, 2.24) is 0 Å². The number of esters is 1. The molecule has 0 saturated heterocycles. The molecule has 0 amide bonds. The number of nitrogens with one attached hydrogen (secondary N) is 1. The van der Waals surface area contributed by atoms with Crippen LogP contribution in [0.5, 0.6) is 5.75 Å². The molecule has 1 aliphatic carbocycles. The van der Waals surface area contributed by atoms with E-state index in [1.807, 2.05) is 46.8 Å². The molecule has 5 nitrogen and oxygen atoms in total. The fourth-order valence-electron chi connectivity index (χ4n) is 4.20. The molecule has 1 unspecified atom stereocenters. The minimum Gasteiger partial charge on any atom is -0.629 e. The smallest absolute Gasteiger partial charge is 0.309 e. The molecule has 28 heavy (non-hydrogen) atoms. The number of hydrogen-bond acceptors (Lipinski definition) is 4.